The molecule has 0 radical (unpaired) electrons. The fourth-order valence-electron chi connectivity index (χ4n) is 2.82. The Hall–Kier alpha value is -3.70. The molecule has 2 N–H and O–H groups in total. The second-order valence-corrected chi connectivity index (χ2v) is 6.64. The van der Waals surface area contributed by atoms with Gasteiger partial charge < -0.3 is 5.11 Å². The Morgan fingerprint density at radius 1 is 0.828 bits per heavy atom. The third kappa shape index (κ3) is 4.42. The lowest BCUT2D eigenvalue weighted by Gasteiger charge is -2.09. The smallest absolute Gasteiger partial charge is 0.244 e. The highest BCUT2D eigenvalue weighted by molar-refractivity contribution is 6.33. The van der Waals surface area contributed by atoms with Crippen molar-refractivity contribution in [1.82, 2.24) is 9.97 Å². The van der Waals surface area contributed by atoms with Crippen LogP contribution in [0.25, 0.3) is 22.5 Å². The van der Waals surface area contributed by atoms with Gasteiger partial charge in [-0.1, -0.05) is 72.3 Å². The summed E-state index contributed by atoms with van der Waals surface area (Å²) in [7, 11) is 0. The number of anilines is 1. The largest absolute Gasteiger partial charge is 0.507 e. The average molecular weight is 401 g/mol. The lowest BCUT2D eigenvalue weighted by molar-refractivity contribution is 0.477. The molecule has 0 aliphatic carbocycles. The number of hydrogen-bond donors (Lipinski definition) is 2. The summed E-state index contributed by atoms with van der Waals surface area (Å²) in [6.07, 6.45) is 1.61. The molecule has 0 amide bonds. The van der Waals surface area contributed by atoms with Gasteiger partial charge in [-0.25, -0.2) is 15.4 Å². The van der Waals surface area contributed by atoms with E-state index in [0.717, 1.165) is 11.1 Å². The van der Waals surface area contributed by atoms with Crippen molar-refractivity contribution >= 4 is 23.8 Å². The predicted molar refractivity (Wildman–Crippen MR) is 117 cm³/mol. The van der Waals surface area contributed by atoms with Crippen LogP contribution in [0, 0.1) is 0 Å². The summed E-state index contributed by atoms with van der Waals surface area (Å²) in [6.45, 7) is 0. The van der Waals surface area contributed by atoms with Crippen molar-refractivity contribution in [2.45, 2.75) is 0 Å². The molecule has 5 nitrogen and oxygen atoms in total. The third-order valence-electron chi connectivity index (χ3n) is 4.25. The fourth-order valence-corrected chi connectivity index (χ4v) is 3.01. The molecule has 0 aliphatic rings. The van der Waals surface area contributed by atoms with E-state index in [2.05, 4.69) is 20.5 Å². The monoisotopic (exact) mass is 400 g/mol. The second-order valence-electron chi connectivity index (χ2n) is 6.24. The van der Waals surface area contributed by atoms with Crippen molar-refractivity contribution < 1.29 is 5.11 Å². The molecule has 4 rings (SSSR count). The van der Waals surface area contributed by atoms with Crippen LogP contribution in [0.1, 0.15) is 5.56 Å². The highest BCUT2D eigenvalue weighted by atomic mass is 35.5. The van der Waals surface area contributed by atoms with Crippen LogP contribution < -0.4 is 5.43 Å². The number of aromatic nitrogens is 2. The number of rotatable bonds is 5. The van der Waals surface area contributed by atoms with Gasteiger partial charge in [0.15, 0.2) is 0 Å². The predicted octanol–water partition coefficient (Wildman–Crippen LogP) is 5.62. The number of nitrogens with zero attached hydrogens (tertiary/aromatic N) is 3. The Morgan fingerprint density at radius 2 is 1.52 bits per heavy atom. The SMILES string of the molecule is Oc1ccccc1-c1cc(-c2ccccc2)nc(N/N=C/c2ccccc2Cl)n1. The van der Waals surface area contributed by atoms with Gasteiger partial charge >= 0.3 is 0 Å². The first-order chi connectivity index (χ1) is 14.2. The molecule has 0 aliphatic heterocycles. The number of halogens is 1. The minimum atomic E-state index is 0.149. The number of benzene rings is 3. The summed E-state index contributed by atoms with van der Waals surface area (Å²) in [4.78, 5) is 9.08. The average Bonchev–Trinajstić information content (AvgIpc) is 2.76. The van der Waals surface area contributed by atoms with Crippen molar-refractivity contribution in [2.24, 2.45) is 5.10 Å². The summed E-state index contributed by atoms with van der Waals surface area (Å²) in [5.74, 6) is 0.462. The summed E-state index contributed by atoms with van der Waals surface area (Å²) in [6, 6.07) is 26.1. The van der Waals surface area contributed by atoms with Crippen LogP contribution in [0.5, 0.6) is 5.75 Å². The number of aromatic hydroxyl groups is 1. The van der Waals surface area contributed by atoms with Crippen LogP contribution in [0.15, 0.2) is 90.0 Å². The zero-order chi connectivity index (χ0) is 20.1. The van der Waals surface area contributed by atoms with Gasteiger partial charge in [0.2, 0.25) is 5.95 Å². The van der Waals surface area contributed by atoms with E-state index < -0.39 is 0 Å². The summed E-state index contributed by atoms with van der Waals surface area (Å²) in [5, 5.41) is 15.1. The highest BCUT2D eigenvalue weighted by Gasteiger charge is 2.11. The summed E-state index contributed by atoms with van der Waals surface area (Å²) in [5.41, 5.74) is 6.50. The van der Waals surface area contributed by atoms with E-state index in [4.69, 9.17) is 11.6 Å². The molecule has 6 heteroatoms. The minimum Gasteiger partial charge on any atom is -0.507 e. The van der Waals surface area contributed by atoms with E-state index in [1.165, 1.54) is 0 Å². The molecule has 0 saturated carbocycles. The Kier molecular flexibility index (Phi) is 5.49. The van der Waals surface area contributed by atoms with E-state index in [0.29, 0.717) is 27.9 Å². The van der Waals surface area contributed by atoms with Gasteiger partial charge in [0, 0.05) is 21.7 Å². The van der Waals surface area contributed by atoms with Gasteiger partial charge in [0.1, 0.15) is 5.75 Å². The van der Waals surface area contributed by atoms with Gasteiger partial charge in [-0.05, 0) is 24.3 Å². The first-order valence-electron chi connectivity index (χ1n) is 8.97. The van der Waals surface area contributed by atoms with Gasteiger partial charge in [-0.15, -0.1) is 0 Å². The molecule has 0 atom stereocenters. The lowest BCUT2D eigenvalue weighted by Crippen LogP contribution is -2.00. The Labute approximate surface area is 173 Å². The maximum atomic E-state index is 10.2. The molecule has 1 heterocycles. The third-order valence-corrected chi connectivity index (χ3v) is 4.59. The quantitative estimate of drug-likeness (QED) is 0.337. The van der Waals surface area contributed by atoms with Crippen LogP contribution in [-0.4, -0.2) is 21.3 Å². The van der Waals surface area contributed by atoms with Crippen LogP contribution in [0.3, 0.4) is 0 Å². The van der Waals surface area contributed by atoms with Crippen LogP contribution >= 0.6 is 11.6 Å². The molecule has 0 spiro atoms. The fraction of sp³-hybridized carbons (Fsp3) is 0. The molecule has 0 saturated heterocycles. The van der Waals surface area contributed by atoms with E-state index in [1.54, 1.807) is 24.4 Å². The molecule has 1 aromatic heterocycles. The number of phenolic OH excluding ortho intramolecular Hbond substituents is 1. The standard InChI is InChI=1S/C23H17ClN4O/c24-19-12-6-4-10-17(19)15-25-28-23-26-20(16-8-2-1-3-9-16)14-21(27-23)18-11-5-7-13-22(18)29/h1-15,29H,(H,26,27,28)/b25-15+. The second kappa shape index (κ2) is 8.54. The summed E-state index contributed by atoms with van der Waals surface area (Å²) >= 11 is 6.16. The van der Waals surface area contributed by atoms with Crippen molar-refractivity contribution in [1.29, 1.82) is 0 Å². The van der Waals surface area contributed by atoms with Crippen molar-refractivity contribution in [3.63, 3.8) is 0 Å². The molecular formula is C23H17ClN4O. The molecule has 4 aromatic rings. The maximum absolute atomic E-state index is 10.2. The van der Waals surface area contributed by atoms with Gasteiger partial charge in [0.25, 0.3) is 0 Å². The van der Waals surface area contributed by atoms with Crippen molar-refractivity contribution in [2.75, 3.05) is 5.43 Å². The molecule has 0 fully saturated rings. The van der Waals surface area contributed by atoms with E-state index >= 15 is 0 Å². The molecule has 3 aromatic carbocycles. The van der Waals surface area contributed by atoms with Gasteiger partial charge in [0.05, 0.1) is 17.6 Å². The molecule has 0 bridgehead atoms. The zero-order valence-electron chi connectivity index (χ0n) is 15.3. The minimum absolute atomic E-state index is 0.149. The Balaban J connectivity index is 1.72. The van der Waals surface area contributed by atoms with E-state index in [-0.39, 0.29) is 5.75 Å². The molecule has 0 unspecified atom stereocenters. The Morgan fingerprint density at radius 3 is 2.31 bits per heavy atom. The zero-order valence-corrected chi connectivity index (χ0v) is 16.1. The first-order valence-corrected chi connectivity index (χ1v) is 9.35. The number of para-hydroxylation sites is 1. The van der Waals surface area contributed by atoms with Gasteiger partial charge in [-0.3, -0.25) is 0 Å². The number of hydrazone groups is 1. The summed E-state index contributed by atoms with van der Waals surface area (Å²) < 4.78 is 0. The highest BCUT2D eigenvalue weighted by Crippen LogP contribution is 2.30. The van der Waals surface area contributed by atoms with E-state index in [9.17, 15) is 5.11 Å². The van der Waals surface area contributed by atoms with Crippen LogP contribution in [0.2, 0.25) is 5.02 Å². The van der Waals surface area contributed by atoms with Crippen LogP contribution in [0.4, 0.5) is 5.95 Å². The molecule has 29 heavy (non-hydrogen) atoms. The number of phenols is 1. The molecule has 142 valence electrons. The van der Waals surface area contributed by atoms with Gasteiger partial charge in [-0.2, -0.15) is 5.10 Å². The topological polar surface area (TPSA) is 70.4 Å². The first kappa shape index (κ1) is 18.7. The van der Waals surface area contributed by atoms with E-state index in [1.807, 2.05) is 66.7 Å². The normalized spacial score (nSPS) is 10.9. The number of hydrogen-bond acceptors (Lipinski definition) is 5. The lowest BCUT2D eigenvalue weighted by atomic mass is 10.1. The number of nitrogens with one attached hydrogen (secondary N) is 1. The van der Waals surface area contributed by atoms with Crippen LogP contribution in [-0.2, 0) is 0 Å². The maximum Gasteiger partial charge on any atom is 0.244 e. The Bertz CT molecular complexity index is 1160. The van der Waals surface area contributed by atoms with Crippen molar-refractivity contribution in [3.05, 3.63) is 95.5 Å². The molecular weight excluding hydrogens is 384 g/mol. The van der Waals surface area contributed by atoms with Crippen molar-refractivity contribution in [3.8, 4) is 28.3 Å².